The van der Waals surface area contributed by atoms with Gasteiger partial charge in [0.15, 0.2) is 5.78 Å². The van der Waals surface area contributed by atoms with Crippen molar-refractivity contribution in [1.82, 2.24) is 4.90 Å². The second-order valence-corrected chi connectivity index (χ2v) is 3.45. The standard InChI is InChI=1S/C10H17NO3/c1-8(12)5-6-10(13)14-9(2)7-11(3)4/h5-6,9H,7H2,1-4H3/b6-5+. The molecule has 4 heteroatoms. The van der Waals surface area contributed by atoms with Gasteiger partial charge in [0.1, 0.15) is 6.10 Å². The van der Waals surface area contributed by atoms with E-state index < -0.39 is 5.97 Å². The summed E-state index contributed by atoms with van der Waals surface area (Å²) in [6, 6.07) is 0. The number of carbonyl (C=O) groups is 2. The van der Waals surface area contributed by atoms with Crippen LogP contribution in [0.2, 0.25) is 0 Å². The molecule has 0 fully saturated rings. The Morgan fingerprint density at radius 3 is 2.36 bits per heavy atom. The highest BCUT2D eigenvalue weighted by Crippen LogP contribution is 1.94. The van der Waals surface area contributed by atoms with Crippen LogP contribution in [0, 0.1) is 0 Å². The fourth-order valence-electron chi connectivity index (χ4n) is 0.974. The van der Waals surface area contributed by atoms with Crippen LogP contribution in [-0.2, 0) is 14.3 Å². The van der Waals surface area contributed by atoms with Gasteiger partial charge >= 0.3 is 5.97 Å². The average molecular weight is 199 g/mol. The molecule has 0 aliphatic rings. The summed E-state index contributed by atoms with van der Waals surface area (Å²) in [5.74, 6) is -0.642. The molecule has 0 aliphatic heterocycles. The monoisotopic (exact) mass is 199 g/mol. The van der Waals surface area contributed by atoms with Gasteiger partial charge in [-0.2, -0.15) is 0 Å². The van der Waals surface area contributed by atoms with Crippen LogP contribution in [0.3, 0.4) is 0 Å². The molecule has 4 nitrogen and oxygen atoms in total. The number of ketones is 1. The van der Waals surface area contributed by atoms with Crippen molar-refractivity contribution in [3.63, 3.8) is 0 Å². The van der Waals surface area contributed by atoms with Crippen molar-refractivity contribution in [3.8, 4) is 0 Å². The number of hydrogen-bond acceptors (Lipinski definition) is 4. The number of likely N-dealkylation sites (N-methyl/N-ethyl adjacent to an activating group) is 1. The van der Waals surface area contributed by atoms with Crippen LogP contribution >= 0.6 is 0 Å². The van der Waals surface area contributed by atoms with Crippen molar-refractivity contribution in [2.75, 3.05) is 20.6 Å². The molecule has 0 aromatic heterocycles. The molecule has 14 heavy (non-hydrogen) atoms. The first kappa shape index (κ1) is 12.8. The molecule has 80 valence electrons. The molecule has 0 spiro atoms. The molecule has 0 bridgehead atoms. The molecule has 0 amide bonds. The fraction of sp³-hybridized carbons (Fsp3) is 0.600. The van der Waals surface area contributed by atoms with Gasteiger partial charge in [0.2, 0.25) is 0 Å². The molecular weight excluding hydrogens is 182 g/mol. The number of hydrogen-bond donors (Lipinski definition) is 0. The average Bonchev–Trinajstić information content (AvgIpc) is 1.98. The van der Waals surface area contributed by atoms with Crippen molar-refractivity contribution in [3.05, 3.63) is 12.2 Å². The molecule has 0 rings (SSSR count). The Bertz CT molecular complexity index is 234. The van der Waals surface area contributed by atoms with Crippen LogP contribution < -0.4 is 0 Å². The smallest absolute Gasteiger partial charge is 0.331 e. The van der Waals surface area contributed by atoms with Crippen molar-refractivity contribution in [2.24, 2.45) is 0 Å². The number of nitrogens with zero attached hydrogens (tertiary/aromatic N) is 1. The Labute approximate surface area is 84.5 Å². The van der Waals surface area contributed by atoms with E-state index in [9.17, 15) is 9.59 Å². The molecule has 0 N–H and O–H groups in total. The van der Waals surface area contributed by atoms with Crippen LogP contribution in [0.1, 0.15) is 13.8 Å². The Balaban J connectivity index is 3.88. The lowest BCUT2D eigenvalue weighted by Crippen LogP contribution is -2.27. The second-order valence-electron chi connectivity index (χ2n) is 3.45. The van der Waals surface area contributed by atoms with Gasteiger partial charge in [-0.25, -0.2) is 4.79 Å². The molecule has 0 heterocycles. The van der Waals surface area contributed by atoms with Gasteiger partial charge in [-0.1, -0.05) is 0 Å². The fourth-order valence-corrected chi connectivity index (χ4v) is 0.974. The summed E-state index contributed by atoms with van der Waals surface area (Å²) >= 11 is 0. The van der Waals surface area contributed by atoms with Crippen LogP contribution in [-0.4, -0.2) is 43.4 Å². The quantitative estimate of drug-likeness (QED) is 0.481. The summed E-state index contributed by atoms with van der Waals surface area (Å²) < 4.78 is 4.99. The molecule has 0 saturated heterocycles. The van der Waals surface area contributed by atoms with Gasteiger partial charge < -0.3 is 9.64 Å². The molecule has 0 aliphatic carbocycles. The van der Waals surface area contributed by atoms with E-state index in [0.29, 0.717) is 6.54 Å². The number of esters is 1. The maximum Gasteiger partial charge on any atom is 0.331 e. The minimum absolute atomic E-state index is 0.165. The summed E-state index contributed by atoms with van der Waals surface area (Å²) in [6.45, 7) is 3.85. The first-order valence-electron chi connectivity index (χ1n) is 4.46. The molecule has 0 aromatic carbocycles. The van der Waals surface area contributed by atoms with Crippen molar-refractivity contribution in [2.45, 2.75) is 20.0 Å². The van der Waals surface area contributed by atoms with Crippen molar-refractivity contribution < 1.29 is 14.3 Å². The minimum Gasteiger partial charge on any atom is -0.458 e. The zero-order valence-electron chi connectivity index (χ0n) is 9.11. The van der Waals surface area contributed by atoms with Crippen LogP contribution in [0.4, 0.5) is 0 Å². The van der Waals surface area contributed by atoms with Gasteiger partial charge in [-0.3, -0.25) is 4.79 Å². The normalized spacial score (nSPS) is 13.2. The highest BCUT2D eigenvalue weighted by Gasteiger charge is 2.07. The Morgan fingerprint density at radius 2 is 1.93 bits per heavy atom. The summed E-state index contributed by atoms with van der Waals surface area (Å²) in [5, 5.41) is 0. The van der Waals surface area contributed by atoms with E-state index >= 15 is 0 Å². The Kier molecular flexibility index (Phi) is 5.79. The van der Waals surface area contributed by atoms with Crippen molar-refractivity contribution in [1.29, 1.82) is 0 Å². The van der Waals surface area contributed by atoms with Gasteiger partial charge in [0, 0.05) is 12.6 Å². The van der Waals surface area contributed by atoms with E-state index in [1.807, 2.05) is 19.0 Å². The van der Waals surface area contributed by atoms with Crippen LogP contribution in [0.15, 0.2) is 12.2 Å². The zero-order valence-corrected chi connectivity index (χ0v) is 9.11. The zero-order chi connectivity index (χ0) is 11.1. The van der Waals surface area contributed by atoms with Gasteiger partial charge in [0.25, 0.3) is 0 Å². The SMILES string of the molecule is CC(=O)/C=C/C(=O)OC(C)CN(C)C. The summed E-state index contributed by atoms with van der Waals surface area (Å²) in [5.41, 5.74) is 0. The lowest BCUT2D eigenvalue weighted by Gasteiger charge is -2.16. The second kappa shape index (κ2) is 6.32. The molecule has 1 unspecified atom stereocenters. The minimum atomic E-state index is -0.477. The maximum absolute atomic E-state index is 11.1. The predicted molar refractivity (Wildman–Crippen MR) is 53.9 cm³/mol. The summed E-state index contributed by atoms with van der Waals surface area (Å²) in [7, 11) is 3.80. The number of carbonyl (C=O) groups excluding carboxylic acids is 2. The third kappa shape index (κ3) is 7.49. The Hall–Kier alpha value is -1.16. The number of allylic oxidation sites excluding steroid dienone is 1. The predicted octanol–water partition coefficient (Wildman–Crippen LogP) is 0.625. The third-order valence-electron chi connectivity index (χ3n) is 1.39. The molecule has 0 saturated carbocycles. The topological polar surface area (TPSA) is 46.6 Å². The molecule has 1 atom stereocenters. The van der Waals surface area contributed by atoms with E-state index in [-0.39, 0.29) is 11.9 Å². The van der Waals surface area contributed by atoms with E-state index in [1.165, 1.54) is 13.0 Å². The third-order valence-corrected chi connectivity index (χ3v) is 1.39. The first-order chi connectivity index (χ1) is 6.41. The largest absolute Gasteiger partial charge is 0.458 e. The van der Waals surface area contributed by atoms with E-state index in [2.05, 4.69) is 0 Å². The highest BCUT2D eigenvalue weighted by atomic mass is 16.5. The summed E-state index contributed by atoms with van der Waals surface area (Å²) in [6.07, 6.45) is 2.17. The lowest BCUT2D eigenvalue weighted by molar-refractivity contribution is -0.142. The van der Waals surface area contributed by atoms with Gasteiger partial charge in [-0.15, -0.1) is 0 Å². The first-order valence-corrected chi connectivity index (χ1v) is 4.46. The maximum atomic E-state index is 11.1. The molecule has 0 aromatic rings. The van der Waals surface area contributed by atoms with Gasteiger partial charge in [0.05, 0.1) is 0 Å². The van der Waals surface area contributed by atoms with Crippen LogP contribution in [0.25, 0.3) is 0 Å². The van der Waals surface area contributed by atoms with Gasteiger partial charge in [-0.05, 0) is 34.0 Å². The van der Waals surface area contributed by atoms with E-state index in [1.54, 1.807) is 6.92 Å². The number of rotatable bonds is 5. The Morgan fingerprint density at radius 1 is 1.36 bits per heavy atom. The highest BCUT2D eigenvalue weighted by molar-refractivity contribution is 5.94. The lowest BCUT2D eigenvalue weighted by atomic mass is 10.3. The van der Waals surface area contributed by atoms with Crippen LogP contribution in [0.5, 0.6) is 0 Å². The van der Waals surface area contributed by atoms with Crippen molar-refractivity contribution >= 4 is 11.8 Å². The molecule has 0 radical (unpaired) electrons. The number of ether oxygens (including phenoxy) is 1. The molecular formula is C10H17NO3. The summed E-state index contributed by atoms with van der Waals surface area (Å²) in [4.78, 5) is 23.5. The van der Waals surface area contributed by atoms with E-state index in [0.717, 1.165) is 6.08 Å². The van der Waals surface area contributed by atoms with E-state index in [4.69, 9.17) is 4.74 Å².